The lowest BCUT2D eigenvalue weighted by Crippen LogP contribution is -2.08. The lowest BCUT2D eigenvalue weighted by Gasteiger charge is -2.03. The van der Waals surface area contributed by atoms with E-state index in [1.54, 1.807) is 23.1 Å². The highest BCUT2D eigenvalue weighted by atomic mass is 16.4. The number of aliphatic hydroxyl groups is 1. The van der Waals surface area contributed by atoms with E-state index < -0.39 is 6.61 Å². The Morgan fingerprint density at radius 1 is 1.50 bits per heavy atom. The van der Waals surface area contributed by atoms with Crippen LogP contribution < -0.4 is 4.90 Å². The van der Waals surface area contributed by atoms with E-state index in [1.807, 2.05) is 14.1 Å². The molecule has 0 spiro atoms. The van der Waals surface area contributed by atoms with Gasteiger partial charge in [-0.15, -0.1) is 0 Å². The molecule has 0 aliphatic carbocycles. The van der Waals surface area contributed by atoms with Crippen molar-refractivity contribution in [2.75, 3.05) is 25.6 Å². The van der Waals surface area contributed by atoms with Crippen molar-refractivity contribution in [1.29, 1.82) is 0 Å². The summed E-state index contributed by atoms with van der Waals surface area (Å²) in [5, 5.41) is 8.75. The molecule has 5 nitrogen and oxygen atoms in total. The molecular weight excluding hydrogens is 208 g/mol. The first kappa shape index (κ1) is 10.6. The number of nitrogens with zero attached hydrogens (tertiary/aromatic N) is 2. The maximum absolute atomic E-state index is 11.3. The highest BCUT2D eigenvalue weighted by molar-refractivity contribution is 5.99. The summed E-state index contributed by atoms with van der Waals surface area (Å²) in [6.45, 7) is -0.496. The average Bonchev–Trinajstić information content (AvgIpc) is 2.70. The molecule has 5 heteroatoms. The zero-order valence-electron chi connectivity index (χ0n) is 9.10. The number of aliphatic hydroxyl groups excluding tert-OH is 1. The fraction of sp³-hybridized carbons (Fsp3) is 0.273. The molecule has 1 N–H and O–H groups in total. The van der Waals surface area contributed by atoms with Crippen LogP contribution in [0.3, 0.4) is 0 Å². The van der Waals surface area contributed by atoms with Crippen LogP contribution in [0.4, 0.5) is 6.01 Å². The number of anilines is 1. The van der Waals surface area contributed by atoms with E-state index in [0.717, 1.165) is 0 Å². The van der Waals surface area contributed by atoms with Gasteiger partial charge in [-0.2, -0.15) is 4.98 Å². The lowest BCUT2D eigenvalue weighted by molar-refractivity contribution is 0.0904. The number of Topliss-reactive ketones (excluding diaryl/α,β-unsaturated/α-hetero) is 1. The molecule has 0 saturated heterocycles. The molecule has 0 fully saturated rings. The molecular formula is C11H12N2O3. The van der Waals surface area contributed by atoms with Gasteiger partial charge in [0.15, 0.2) is 11.4 Å². The number of carbonyl (C=O) groups is 1. The molecule has 1 aromatic carbocycles. The molecule has 2 aromatic rings. The van der Waals surface area contributed by atoms with Gasteiger partial charge in [-0.05, 0) is 18.2 Å². The summed E-state index contributed by atoms with van der Waals surface area (Å²) in [6.07, 6.45) is 0. The summed E-state index contributed by atoms with van der Waals surface area (Å²) in [7, 11) is 3.65. The molecule has 84 valence electrons. The number of hydrogen-bond donors (Lipinski definition) is 1. The van der Waals surface area contributed by atoms with Gasteiger partial charge in [0.2, 0.25) is 0 Å². The van der Waals surface area contributed by atoms with Crippen LogP contribution in [0.1, 0.15) is 10.4 Å². The smallest absolute Gasteiger partial charge is 0.297 e. The Kier molecular flexibility index (Phi) is 2.62. The largest absolute Gasteiger partial charge is 0.423 e. The van der Waals surface area contributed by atoms with Crippen LogP contribution in [0.2, 0.25) is 0 Å². The molecule has 0 aliphatic heterocycles. The number of oxazole rings is 1. The first-order chi connectivity index (χ1) is 7.61. The SMILES string of the molecule is CN(C)c1nc2cc(C(=O)CO)ccc2o1. The van der Waals surface area contributed by atoms with E-state index in [9.17, 15) is 4.79 Å². The third kappa shape index (κ3) is 1.77. The second-order valence-electron chi connectivity index (χ2n) is 3.65. The number of carbonyl (C=O) groups excluding carboxylic acids is 1. The van der Waals surface area contributed by atoms with Crippen LogP contribution in [-0.4, -0.2) is 36.6 Å². The summed E-state index contributed by atoms with van der Waals surface area (Å²) >= 11 is 0. The fourth-order valence-electron chi connectivity index (χ4n) is 1.37. The van der Waals surface area contributed by atoms with Crippen molar-refractivity contribution in [3.8, 4) is 0 Å². The lowest BCUT2D eigenvalue weighted by atomic mass is 10.1. The topological polar surface area (TPSA) is 66.6 Å². The van der Waals surface area contributed by atoms with E-state index in [4.69, 9.17) is 9.52 Å². The van der Waals surface area contributed by atoms with E-state index in [1.165, 1.54) is 0 Å². The fourth-order valence-corrected chi connectivity index (χ4v) is 1.37. The molecule has 1 aromatic heterocycles. The highest BCUT2D eigenvalue weighted by Crippen LogP contribution is 2.21. The summed E-state index contributed by atoms with van der Waals surface area (Å²) < 4.78 is 5.44. The van der Waals surface area contributed by atoms with Gasteiger partial charge < -0.3 is 14.4 Å². The number of benzene rings is 1. The first-order valence-corrected chi connectivity index (χ1v) is 4.84. The molecule has 16 heavy (non-hydrogen) atoms. The maximum Gasteiger partial charge on any atom is 0.297 e. The van der Waals surface area contributed by atoms with Crippen LogP contribution in [0.15, 0.2) is 22.6 Å². The summed E-state index contributed by atoms with van der Waals surface area (Å²) in [4.78, 5) is 17.2. The summed E-state index contributed by atoms with van der Waals surface area (Å²) in [5.41, 5.74) is 1.68. The van der Waals surface area contributed by atoms with Crippen LogP contribution in [0, 0.1) is 0 Å². The number of hydrogen-bond acceptors (Lipinski definition) is 5. The Labute approximate surface area is 92.3 Å². The highest BCUT2D eigenvalue weighted by Gasteiger charge is 2.10. The van der Waals surface area contributed by atoms with E-state index in [2.05, 4.69) is 4.98 Å². The van der Waals surface area contributed by atoms with E-state index in [-0.39, 0.29) is 5.78 Å². The average molecular weight is 220 g/mol. The Morgan fingerprint density at radius 2 is 2.25 bits per heavy atom. The minimum Gasteiger partial charge on any atom is -0.423 e. The van der Waals surface area contributed by atoms with Crippen molar-refractivity contribution in [3.63, 3.8) is 0 Å². The summed E-state index contributed by atoms with van der Waals surface area (Å²) in [5.74, 6) is -0.323. The van der Waals surface area contributed by atoms with Crippen LogP contribution >= 0.6 is 0 Å². The minimum atomic E-state index is -0.496. The summed E-state index contributed by atoms with van der Waals surface area (Å²) in [6, 6.07) is 5.40. The molecule has 0 aliphatic rings. The normalized spacial score (nSPS) is 10.7. The Hall–Kier alpha value is -1.88. The second-order valence-corrected chi connectivity index (χ2v) is 3.65. The zero-order valence-corrected chi connectivity index (χ0v) is 9.10. The van der Waals surface area contributed by atoms with E-state index in [0.29, 0.717) is 22.7 Å². The third-order valence-corrected chi connectivity index (χ3v) is 2.22. The standard InChI is InChI=1S/C11H12N2O3/c1-13(2)11-12-8-5-7(9(15)6-14)3-4-10(8)16-11/h3-5,14H,6H2,1-2H3. The second kappa shape index (κ2) is 3.94. The van der Waals surface area contributed by atoms with Crippen molar-refractivity contribution < 1.29 is 14.3 Å². The molecule has 1 heterocycles. The molecule has 0 atom stereocenters. The van der Waals surface area contributed by atoms with Gasteiger partial charge >= 0.3 is 0 Å². The van der Waals surface area contributed by atoms with Crippen molar-refractivity contribution in [3.05, 3.63) is 23.8 Å². The number of fused-ring (bicyclic) bond motifs is 1. The van der Waals surface area contributed by atoms with E-state index >= 15 is 0 Å². The number of ketones is 1. The van der Waals surface area contributed by atoms with Gasteiger partial charge in [0.25, 0.3) is 6.01 Å². The van der Waals surface area contributed by atoms with Crippen molar-refractivity contribution in [2.45, 2.75) is 0 Å². The van der Waals surface area contributed by atoms with Gasteiger partial charge in [0, 0.05) is 19.7 Å². The number of rotatable bonds is 3. The van der Waals surface area contributed by atoms with Gasteiger partial charge in [0.05, 0.1) is 0 Å². The van der Waals surface area contributed by atoms with Crippen molar-refractivity contribution >= 4 is 22.9 Å². The third-order valence-electron chi connectivity index (χ3n) is 2.22. The van der Waals surface area contributed by atoms with Crippen molar-refractivity contribution in [2.24, 2.45) is 0 Å². The van der Waals surface area contributed by atoms with Crippen LogP contribution in [0.5, 0.6) is 0 Å². The molecule has 0 radical (unpaired) electrons. The van der Waals surface area contributed by atoms with Crippen LogP contribution in [0.25, 0.3) is 11.1 Å². The quantitative estimate of drug-likeness (QED) is 0.784. The maximum atomic E-state index is 11.3. The Balaban J connectivity index is 2.49. The molecule has 0 unspecified atom stereocenters. The Bertz CT molecular complexity index is 531. The molecule has 0 saturated carbocycles. The molecule has 0 amide bonds. The Morgan fingerprint density at radius 3 is 2.88 bits per heavy atom. The zero-order chi connectivity index (χ0) is 11.7. The number of aromatic nitrogens is 1. The first-order valence-electron chi connectivity index (χ1n) is 4.84. The van der Waals surface area contributed by atoms with Gasteiger partial charge in [0.1, 0.15) is 12.1 Å². The predicted octanol–water partition coefficient (Wildman–Crippen LogP) is 1.07. The van der Waals surface area contributed by atoms with Gasteiger partial charge in [-0.25, -0.2) is 0 Å². The minimum absolute atomic E-state index is 0.323. The monoisotopic (exact) mass is 220 g/mol. The van der Waals surface area contributed by atoms with Gasteiger partial charge in [-0.1, -0.05) is 0 Å². The van der Waals surface area contributed by atoms with Crippen LogP contribution in [-0.2, 0) is 0 Å². The predicted molar refractivity (Wildman–Crippen MR) is 59.8 cm³/mol. The molecule has 2 rings (SSSR count). The molecule has 0 bridgehead atoms. The van der Waals surface area contributed by atoms with Crippen molar-refractivity contribution in [1.82, 2.24) is 4.98 Å². The van der Waals surface area contributed by atoms with Gasteiger partial charge in [-0.3, -0.25) is 4.79 Å².